The van der Waals surface area contributed by atoms with E-state index in [-0.39, 0.29) is 5.91 Å². The molecule has 1 atom stereocenters. The Morgan fingerprint density at radius 2 is 1.65 bits per heavy atom. The van der Waals surface area contributed by atoms with E-state index < -0.39 is 6.04 Å². The van der Waals surface area contributed by atoms with Gasteiger partial charge in [-0.15, -0.1) is 10.2 Å². The Balaban J connectivity index is 1.40. The first kappa shape index (κ1) is 24.7. The highest BCUT2D eigenvalue weighted by atomic mass is 32.1. The molecule has 1 aromatic heterocycles. The number of benzene rings is 3. The number of tetrazole rings is 1. The van der Waals surface area contributed by atoms with Crippen LogP contribution in [0.25, 0.3) is 22.5 Å². The minimum absolute atomic E-state index is 0.0422. The van der Waals surface area contributed by atoms with Crippen molar-refractivity contribution in [3.05, 3.63) is 90.0 Å². The molecule has 188 valence electrons. The number of aromatic amines is 1. The summed E-state index contributed by atoms with van der Waals surface area (Å²) in [7, 11) is 4.07. The maximum atomic E-state index is 13.5. The number of hydrogen-bond acceptors (Lipinski definition) is 6. The Kier molecular flexibility index (Phi) is 7.34. The molecule has 9 heteroatoms. The molecule has 0 radical (unpaired) electrons. The van der Waals surface area contributed by atoms with E-state index >= 15 is 0 Å². The van der Waals surface area contributed by atoms with E-state index in [1.54, 1.807) is 4.90 Å². The van der Waals surface area contributed by atoms with E-state index in [0.717, 1.165) is 40.8 Å². The number of H-pyrrole nitrogens is 1. The summed E-state index contributed by atoms with van der Waals surface area (Å²) in [6.07, 6.45) is 0.864. The summed E-state index contributed by atoms with van der Waals surface area (Å²) < 4.78 is 0. The molecule has 0 unspecified atom stereocenters. The highest BCUT2D eigenvalue weighted by Gasteiger charge is 2.42. The van der Waals surface area contributed by atoms with Crippen molar-refractivity contribution in [1.29, 1.82) is 0 Å². The maximum Gasteiger partial charge on any atom is 0.256 e. The molecule has 1 saturated heterocycles. The van der Waals surface area contributed by atoms with Gasteiger partial charge >= 0.3 is 0 Å². The zero-order valence-electron chi connectivity index (χ0n) is 20.9. The lowest BCUT2D eigenvalue weighted by Gasteiger charge is -2.24. The first-order valence-electron chi connectivity index (χ1n) is 12.3. The zero-order valence-corrected chi connectivity index (χ0v) is 21.7. The summed E-state index contributed by atoms with van der Waals surface area (Å²) in [6.45, 7) is 2.05. The number of nitrogens with zero attached hydrogens (tertiary/aromatic N) is 6. The van der Waals surface area contributed by atoms with Gasteiger partial charge in [-0.2, -0.15) is 5.21 Å². The van der Waals surface area contributed by atoms with Crippen LogP contribution in [-0.4, -0.2) is 73.5 Å². The number of nitrogens with one attached hydrogen (secondary N) is 1. The second-order valence-electron chi connectivity index (χ2n) is 9.35. The number of carbonyl (C=O) groups excluding carboxylic acids is 1. The number of carbonyl (C=O) groups is 1. The second kappa shape index (κ2) is 11.0. The fraction of sp³-hybridized carbons (Fsp3) is 0.250. The van der Waals surface area contributed by atoms with Gasteiger partial charge in [0.05, 0.1) is 0 Å². The van der Waals surface area contributed by atoms with Crippen LogP contribution in [-0.2, 0) is 11.3 Å². The molecule has 1 amide bonds. The van der Waals surface area contributed by atoms with Gasteiger partial charge in [0.25, 0.3) is 5.91 Å². The molecule has 2 heterocycles. The van der Waals surface area contributed by atoms with Crippen LogP contribution in [0.1, 0.15) is 23.6 Å². The van der Waals surface area contributed by atoms with Gasteiger partial charge in [-0.3, -0.25) is 9.69 Å². The largest absolute Gasteiger partial charge is 0.328 e. The molecule has 0 bridgehead atoms. The lowest BCUT2D eigenvalue weighted by molar-refractivity contribution is -0.128. The minimum atomic E-state index is -0.424. The van der Waals surface area contributed by atoms with Crippen molar-refractivity contribution in [3.8, 4) is 22.5 Å². The number of aromatic nitrogens is 4. The molecule has 0 saturated carbocycles. The highest BCUT2D eigenvalue weighted by molar-refractivity contribution is 7.80. The average Bonchev–Trinajstić information content (AvgIpc) is 3.53. The van der Waals surface area contributed by atoms with E-state index in [0.29, 0.717) is 24.0 Å². The summed E-state index contributed by atoms with van der Waals surface area (Å²) in [4.78, 5) is 19.5. The lowest BCUT2D eigenvalue weighted by atomic mass is 9.98. The van der Waals surface area contributed by atoms with Crippen LogP contribution in [0.5, 0.6) is 0 Å². The molecule has 0 aliphatic carbocycles. The SMILES string of the molecule is CN(C)CCCN1C(=O)[C@H](c2ccccc2)N(Cc2ccc(-c3ccccc3-c3nn[nH]n3)cc2)C1=S. The van der Waals surface area contributed by atoms with Crippen molar-refractivity contribution < 1.29 is 4.79 Å². The van der Waals surface area contributed by atoms with E-state index in [9.17, 15) is 4.79 Å². The fourth-order valence-corrected chi connectivity index (χ4v) is 5.05. The Bertz CT molecular complexity index is 1360. The van der Waals surface area contributed by atoms with Crippen LogP contribution in [0.15, 0.2) is 78.9 Å². The molecule has 1 fully saturated rings. The van der Waals surface area contributed by atoms with Crippen LogP contribution in [0.3, 0.4) is 0 Å². The topological polar surface area (TPSA) is 81.2 Å². The van der Waals surface area contributed by atoms with E-state index in [4.69, 9.17) is 12.2 Å². The van der Waals surface area contributed by atoms with Gasteiger partial charge in [0, 0.05) is 18.7 Å². The quantitative estimate of drug-likeness (QED) is 0.338. The van der Waals surface area contributed by atoms with Crippen molar-refractivity contribution in [2.24, 2.45) is 0 Å². The Labute approximate surface area is 221 Å². The molecule has 4 aromatic rings. The standard InChI is InChI=1S/C28H29N7OS/c1-33(2)17-8-18-34-27(36)25(22-9-4-3-5-10-22)35(28(34)37)19-20-13-15-21(16-14-20)23-11-6-7-12-24(23)26-29-31-32-30-26/h3-7,9-16,25H,8,17-19H2,1-2H3,(H,29,30,31,32)/t25-/m0/s1. The molecular weight excluding hydrogens is 482 g/mol. The molecule has 5 rings (SSSR count). The summed E-state index contributed by atoms with van der Waals surface area (Å²) >= 11 is 5.85. The molecule has 1 aliphatic heterocycles. The Hall–Kier alpha value is -3.95. The summed E-state index contributed by atoms with van der Waals surface area (Å²) in [5, 5.41) is 15.1. The van der Waals surface area contributed by atoms with Gasteiger partial charge in [-0.1, -0.05) is 78.9 Å². The third-order valence-corrected chi connectivity index (χ3v) is 6.98. The Morgan fingerprint density at radius 3 is 2.32 bits per heavy atom. The average molecular weight is 512 g/mol. The van der Waals surface area contributed by atoms with Gasteiger partial charge in [-0.05, 0) is 66.7 Å². The van der Waals surface area contributed by atoms with Crippen LogP contribution in [0.4, 0.5) is 0 Å². The molecule has 1 aliphatic rings. The number of hydrogen-bond donors (Lipinski definition) is 1. The number of rotatable bonds is 9. The van der Waals surface area contributed by atoms with Gasteiger partial charge in [-0.25, -0.2) is 0 Å². The Morgan fingerprint density at radius 1 is 0.946 bits per heavy atom. The van der Waals surface area contributed by atoms with Crippen molar-refractivity contribution in [3.63, 3.8) is 0 Å². The van der Waals surface area contributed by atoms with Gasteiger partial charge in [0.1, 0.15) is 6.04 Å². The zero-order chi connectivity index (χ0) is 25.8. The van der Waals surface area contributed by atoms with Crippen molar-refractivity contribution in [2.75, 3.05) is 27.2 Å². The molecule has 37 heavy (non-hydrogen) atoms. The predicted octanol–water partition coefficient (Wildman–Crippen LogP) is 4.16. The summed E-state index contributed by atoms with van der Waals surface area (Å²) in [6, 6.07) is 25.8. The van der Waals surface area contributed by atoms with E-state index in [1.165, 1.54) is 0 Å². The van der Waals surface area contributed by atoms with Crippen LogP contribution < -0.4 is 0 Å². The fourth-order valence-electron chi connectivity index (χ4n) is 4.70. The van der Waals surface area contributed by atoms with Gasteiger partial charge in [0.2, 0.25) is 5.82 Å². The first-order valence-corrected chi connectivity index (χ1v) is 12.7. The van der Waals surface area contributed by atoms with Gasteiger partial charge in [0.15, 0.2) is 5.11 Å². The predicted molar refractivity (Wildman–Crippen MR) is 147 cm³/mol. The lowest BCUT2D eigenvalue weighted by Crippen LogP contribution is -2.34. The number of thiocarbonyl (C=S) groups is 1. The van der Waals surface area contributed by atoms with Crippen molar-refractivity contribution in [2.45, 2.75) is 19.0 Å². The number of amides is 1. The highest BCUT2D eigenvalue weighted by Crippen LogP contribution is 2.34. The van der Waals surface area contributed by atoms with Gasteiger partial charge < -0.3 is 9.80 Å². The normalized spacial score (nSPS) is 15.7. The van der Waals surface area contributed by atoms with E-state index in [1.807, 2.05) is 73.6 Å². The minimum Gasteiger partial charge on any atom is -0.328 e. The summed E-state index contributed by atoms with van der Waals surface area (Å²) in [5.41, 5.74) is 5.01. The van der Waals surface area contributed by atoms with Crippen molar-refractivity contribution in [1.82, 2.24) is 35.3 Å². The molecule has 1 N–H and O–H groups in total. The maximum absolute atomic E-state index is 13.5. The van der Waals surface area contributed by atoms with Crippen LogP contribution in [0.2, 0.25) is 0 Å². The second-order valence-corrected chi connectivity index (χ2v) is 9.71. The third kappa shape index (κ3) is 5.28. The third-order valence-electron chi connectivity index (χ3n) is 6.52. The molecule has 8 nitrogen and oxygen atoms in total. The molecular formula is C28H29N7OS. The smallest absolute Gasteiger partial charge is 0.256 e. The molecule has 3 aromatic carbocycles. The van der Waals surface area contributed by atoms with E-state index in [2.05, 4.69) is 49.8 Å². The van der Waals surface area contributed by atoms with Crippen LogP contribution >= 0.6 is 12.2 Å². The van der Waals surface area contributed by atoms with Crippen molar-refractivity contribution >= 4 is 23.2 Å². The monoisotopic (exact) mass is 511 g/mol. The molecule has 0 spiro atoms. The summed E-state index contributed by atoms with van der Waals surface area (Å²) in [5.74, 6) is 0.598. The first-order chi connectivity index (χ1) is 18.0. The van der Waals surface area contributed by atoms with Crippen LogP contribution in [0, 0.1) is 0 Å².